The number of hydrogen-bond acceptors (Lipinski definition) is 4. The molecule has 2 amide bonds. The standard InChI is InChI=1S/C13H16Cl2N2O4S/c1-8(18)16-11(6-7-22(2,20)21)13(19)17-12-9(14)4-3-5-10(12)15/h3-5,11H,6-7H2,1-2H3,(H,16,18)(H,17,19). The molecule has 0 aliphatic rings. The van der Waals surface area contributed by atoms with Gasteiger partial charge in [0.1, 0.15) is 15.9 Å². The molecule has 0 aliphatic heterocycles. The molecule has 0 bridgehead atoms. The number of carbonyl (C=O) groups is 2. The van der Waals surface area contributed by atoms with Crippen molar-refractivity contribution in [3.05, 3.63) is 28.2 Å². The second kappa shape index (κ2) is 7.80. The first-order valence-electron chi connectivity index (χ1n) is 6.30. The van der Waals surface area contributed by atoms with Crippen LogP contribution in [0, 0.1) is 0 Å². The van der Waals surface area contributed by atoms with Crippen LogP contribution in [0.15, 0.2) is 18.2 Å². The van der Waals surface area contributed by atoms with Crippen molar-refractivity contribution < 1.29 is 18.0 Å². The fraction of sp³-hybridized carbons (Fsp3) is 0.385. The number of anilines is 1. The zero-order chi connectivity index (χ0) is 16.9. The number of halogens is 2. The molecule has 0 radical (unpaired) electrons. The number of carbonyl (C=O) groups excluding carboxylic acids is 2. The van der Waals surface area contributed by atoms with Gasteiger partial charge in [0.25, 0.3) is 0 Å². The number of hydrogen-bond donors (Lipinski definition) is 2. The van der Waals surface area contributed by atoms with E-state index in [9.17, 15) is 18.0 Å². The number of sulfone groups is 1. The van der Waals surface area contributed by atoms with Crippen LogP contribution in [0.4, 0.5) is 5.69 Å². The Hall–Kier alpha value is -1.31. The van der Waals surface area contributed by atoms with Crippen LogP contribution >= 0.6 is 23.2 Å². The Balaban J connectivity index is 2.89. The van der Waals surface area contributed by atoms with Gasteiger partial charge in [0.15, 0.2) is 0 Å². The first-order valence-corrected chi connectivity index (χ1v) is 9.11. The highest BCUT2D eigenvalue weighted by molar-refractivity contribution is 7.90. The number of para-hydroxylation sites is 1. The van der Waals surface area contributed by atoms with Crippen molar-refractivity contribution in [2.24, 2.45) is 0 Å². The van der Waals surface area contributed by atoms with Crippen molar-refractivity contribution in [2.75, 3.05) is 17.3 Å². The molecule has 122 valence electrons. The largest absolute Gasteiger partial charge is 0.345 e. The summed E-state index contributed by atoms with van der Waals surface area (Å²) in [6.07, 6.45) is 1.01. The van der Waals surface area contributed by atoms with Gasteiger partial charge in [-0.1, -0.05) is 29.3 Å². The lowest BCUT2D eigenvalue weighted by Gasteiger charge is -2.18. The fourth-order valence-electron chi connectivity index (χ4n) is 1.67. The van der Waals surface area contributed by atoms with Crippen LogP contribution in [0.25, 0.3) is 0 Å². The van der Waals surface area contributed by atoms with Crippen LogP contribution in [0.5, 0.6) is 0 Å². The zero-order valence-electron chi connectivity index (χ0n) is 12.0. The second-order valence-electron chi connectivity index (χ2n) is 4.76. The van der Waals surface area contributed by atoms with Gasteiger partial charge < -0.3 is 10.6 Å². The minimum Gasteiger partial charge on any atom is -0.345 e. The number of benzene rings is 1. The summed E-state index contributed by atoms with van der Waals surface area (Å²) < 4.78 is 22.4. The molecule has 0 spiro atoms. The molecule has 0 saturated heterocycles. The topological polar surface area (TPSA) is 92.3 Å². The lowest BCUT2D eigenvalue weighted by Crippen LogP contribution is -2.44. The van der Waals surface area contributed by atoms with Crippen molar-refractivity contribution in [1.82, 2.24) is 5.32 Å². The Bertz CT molecular complexity index is 656. The molecule has 1 atom stereocenters. The smallest absolute Gasteiger partial charge is 0.247 e. The predicted molar refractivity (Wildman–Crippen MR) is 87.0 cm³/mol. The van der Waals surface area contributed by atoms with E-state index < -0.39 is 27.7 Å². The van der Waals surface area contributed by atoms with Crippen LogP contribution < -0.4 is 10.6 Å². The van der Waals surface area contributed by atoms with E-state index in [0.29, 0.717) is 0 Å². The molecule has 0 saturated carbocycles. The molecule has 0 fully saturated rings. The Morgan fingerprint density at radius 3 is 2.23 bits per heavy atom. The van der Waals surface area contributed by atoms with Gasteiger partial charge in [-0.3, -0.25) is 9.59 Å². The van der Waals surface area contributed by atoms with Gasteiger partial charge in [-0.2, -0.15) is 0 Å². The Kier molecular flexibility index (Phi) is 6.65. The average Bonchev–Trinajstić information content (AvgIpc) is 2.37. The van der Waals surface area contributed by atoms with Crippen molar-refractivity contribution >= 4 is 50.5 Å². The maximum atomic E-state index is 12.2. The third kappa shape index (κ3) is 6.21. The highest BCUT2D eigenvalue weighted by atomic mass is 35.5. The van der Waals surface area contributed by atoms with Gasteiger partial charge in [0.05, 0.1) is 21.5 Å². The molecular weight excluding hydrogens is 351 g/mol. The van der Waals surface area contributed by atoms with E-state index in [-0.39, 0.29) is 27.9 Å². The van der Waals surface area contributed by atoms with E-state index in [1.54, 1.807) is 18.2 Å². The molecule has 0 aromatic heterocycles. The van der Waals surface area contributed by atoms with Crippen molar-refractivity contribution in [1.29, 1.82) is 0 Å². The maximum Gasteiger partial charge on any atom is 0.247 e. The highest BCUT2D eigenvalue weighted by Crippen LogP contribution is 2.29. The molecule has 2 N–H and O–H groups in total. The normalized spacial score (nSPS) is 12.5. The van der Waals surface area contributed by atoms with E-state index >= 15 is 0 Å². The first kappa shape index (κ1) is 18.7. The Morgan fingerprint density at radius 1 is 1.23 bits per heavy atom. The zero-order valence-corrected chi connectivity index (χ0v) is 14.3. The summed E-state index contributed by atoms with van der Waals surface area (Å²) in [5.41, 5.74) is 0.213. The van der Waals surface area contributed by atoms with Gasteiger partial charge in [-0.15, -0.1) is 0 Å². The second-order valence-corrected chi connectivity index (χ2v) is 7.83. The molecule has 9 heteroatoms. The van der Waals surface area contributed by atoms with E-state index in [1.165, 1.54) is 6.92 Å². The summed E-state index contributed by atoms with van der Waals surface area (Å²) in [4.78, 5) is 23.4. The summed E-state index contributed by atoms with van der Waals surface area (Å²) in [6, 6.07) is 3.72. The fourth-order valence-corrected chi connectivity index (χ4v) is 2.83. The predicted octanol–water partition coefficient (Wildman–Crippen LogP) is 1.87. The van der Waals surface area contributed by atoms with Crippen molar-refractivity contribution in [3.63, 3.8) is 0 Å². The van der Waals surface area contributed by atoms with Gasteiger partial charge >= 0.3 is 0 Å². The number of amides is 2. The Labute approximate surface area is 139 Å². The number of nitrogens with one attached hydrogen (secondary N) is 2. The van der Waals surface area contributed by atoms with E-state index in [1.807, 2.05) is 0 Å². The van der Waals surface area contributed by atoms with E-state index in [0.717, 1.165) is 6.26 Å². The molecule has 6 nitrogen and oxygen atoms in total. The summed E-state index contributed by atoms with van der Waals surface area (Å²) in [7, 11) is -3.26. The van der Waals surface area contributed by atoms with Crippen molar-refractivity contribution in [3.8, 4) is 0 Å². The van der Waals surface area contributed by atoms with Gasteiger partial charge in [-0.05, 0) is 18.6 Å². The quantitative estimate of drug-likeness (QED) is 0.803. The van der Waals surface area contributed by atoms with Crippen molar-refractivity contribution in [2.45, 2.75) is 19.4 Å². The lowest BCUT2D eigenvalue weighted by molar-refractivity contribution is -0.125. The SMILES string of the molecule is CC(=O)NC(CCS(C)(=O)=O)C(=O)Nc1c(Cl)cccc1Cl. The monoisotopic (exact) mass is 366 g/mol. The summed E-state index contributed by atoms with van der Waals surface area (Å²) in [5.74, 6) is -1.27. The van der Waals surface area contributed by atoms with Crippen LogP contribution in [0.3, 0.4) is 0 Å². The molecule has 1 aromatic carbocycles. The van der Waals surface area contributed by atoms with Crippen LogP contribution in [-0.4, -0.2) is 38.3 Å². The maximum absolute atomic E-state index is 12.2. The third-order valence-electron chi connectivity index (χ3n) is 2.68. The third-order valence-corrected chi connectivity index (χ3v) is 4.29. The molecular formula is C13H16Cl2N2O4S. The lowest BCUT2D eigenvalue weighted by atomic mass is 10.2. The average molecular weight is 367 g/mol. The molecule has 0 heterocycles. The molecule has 1 unspecified atom stereocenters. The van der Waals surface area contributed by atoms with Crippen LogP contribution in [0.1, 0.15) is 13.3 Å². The molecule has 1 aromatic rings. The molecule has 22 heavy (non-hydrogen) atoms. The highest BCUT2D eigenvalue weighted by Gasteiger charge is 2.22. The Morgan fingerprint density at radius 2 is 1.77 bits per heavy atom. The minimum absolute atomic E-state index is 0.0493. The number of rotatable bonds is 6. The summed E-state index contributed by atoms with van der Waals surface area (Å²) in [5, 5.41) is 5.40. The summed E-state index contributed by atoms with van der Waals surface area (Å²) in [6.45, 7) is 1.24. The first-order chi connectivity index (χ1) is 10.1. The van der Waals surface area contributed by atoms with E-state index in [4.69, 9.17) is 23.2 Å². The van der Waals surface area contributed by atoms with Gasteiger partial charge in [0.2, 0.25) is 11.8 Å². The van der Waals surface area contributed by atoms with Gasteiger partial charge in [-0.25, -0.2) is 8.42 Å². The molecule has 1 rings (SSSR count). The van der Waals surface area contributed by atoms with Crippen LogP contribution in [-0.2, 0) is 19.4 Å². The molecule has 0 aliphatic carbocycles. The van der Waals surface area contributed by atoms with Gasteiger partial charge in [0, 0.05) is 13.2 Å². The summed E-state index contributed by atoms with van der Waals surface area (Å²) >= 11 is 11.9. The van der Waals surface area contributed by atoms with E-state index in [2.05, 4.69) is 10.6 Å². The van der Waals surface area contributed by atoms with Crippen LogP contribution in [0.2, 0.25) is 10.0 Å². The minimum atomic E-state index is -3.26.